The molecule has 0 radical (unpaired) electrons. The van der Waals surface area contributed by atoms with Crippen molar-refractivity contribution in [3.8, 4) is 6.01 Å². The van der Waals surface area contributed by atoms with E-state index in [4.69, 9.17) is 4.74 Å². The highest BCUT2D eigenvalue weighted by atomic mass is 16.5. The third kappa shape index (κ3) is 4.61. The Hall–Kier alpha value is -1.96. The van der Waals surface area contributed by atoms with Gasteiger partial charge in [-0.2, -0.15) is 4.98 Å². The van der Waals surface area contributed by atoms with Gasteiger partial charge in [0.1, 0.15) is 12.9 Å². The van der Waals surface area contributed by atoms with E-state index in [2.05, 4.69) is 39.6 Å². The molecule has 0 spiro atoms. The molecule has 1 N–H and O–H groups in total. The Morgan fingerprint density at radius 1 is 1.40 bits per heavy atom. The number of nitrogens with one attached hydrogen (secondary N) is 1. The molecular weight excluding hydrogens is 258 g/mol. The fourth-order valence-electron chi connectivity index (χ4n) is 1.63. The van der Waals surface area contributed by atoms with E-state index >= 15 is 0 Å². The minimum Gasteiger partial charge on any atom is -0.460 e. The van der Waals surface area contributed by atoms with Gasteiger partial charge in [0.05, 0.1) is 12.2 Å². The Morgan fingerprint density at radius 2 is 2.25 bits per heavy atom. The lowest BCUT2D eigenvalue weighted by Gasteiger charge is -2.04. The number of aryl methyl sites for hydroxylation is 1. The summed E-state index contributed by atoms with van der Waals surface area (Å²) in [6.45, 7) is 7.14. The van der Waals surface area contributed by atoms with Crippen LogP contribution in [0.5, 0.6) is 6.01 Å². The van der Waals surface area contributed by atoms with E-state index in [0.717, 1.165) is 18.8 Å². The van der Waals surface area contributed by atoms with Gasteiger partial charge in [-0.3, -0.25) is 4.68 Å². The Kier molecular flexibility index (Phi) is 5.05. The predicted octanol–water partition coefficient (Wildman–Crippen LogP) is 0.231. The zero-order valence-corrected chi connectivity index (χ0v) is 12.2. The van der Waals surface area contributed by atoms with Crippen molar-refractivity contribution in [3.05, 3.63) is 18.2 Å². The molecule has 2 heterocycles. The van der Waals surface area contributed by atoms with E-state index in [0.29, 0.717) is 25.1 Å². The minimum absolute atomic E-state index is 0.381. The van der Waals surface area contributed by atoms with Crippen LogP contribution in [0, 0.1) is 5.92 Å². The van der Waals surface area contributed by atoms with Crippen LogP contribution < -0.4 is 10.1 Å². The number of hydrogen-bond donors (Lipinski definition) is 1. The van der Waals surface area contributed by atoms with Gasteiger partial charge in [-0.1, -0.05) is 19.1 Å². The molecule has 0 saturated heterocycles. The molecule has 2 aromatic heterocycles. The molecule has 0 unspecified atom stereocenters. The molecule has 0 aliphatic carbocycles. The summed E-state index contributed by atoms with van der Waals surface area (Å²) in [6, 6.07) is 0.381. The fourth-order valence-corrected chi connectivity index (χ4v) is 1.63. The lowest BCUT2D eigenvalue weighted by molar-refractivity contribution is 0.268. The van der Waals surface area contributed by atoms with Crippen LogP contribution in [-0.4, -0.2) is 42.9 Å². The molecule has 0 aliphatic heterocycles. The summed E-state index contributed by atoms with van der Waals surface area (Å²) in [5, 5.41) is 15.5. The predicted molar refractivity (Wildman–Crippen MR) is 73.1 cm³/mol. The van der Waals surface area contributed by atoms with Crippen LogP contribution in [0.3, 0.4) is 0 Å². The van der Waals surface area contributed by atoms with Crippen LogP contribution in [-0.2, 0) is 20.1 Å². The van der Waals surface area contributed by atoms with E-state index in [-0.39, 0.29) is 0 Å². The smallest absolute Gasteiger partial charge is 0.335 e. The minimum atomic E-state index is 0.381. The SMILES string of the molecule is CC(C)CNCc1cn(CCOc2ncn(C)n2)nn1. The van der Waals surface area contributed by atoms with Crippen LogP contribution in [0.25, 0.3) is 0 Å². The quantitative estimate of drug-likeness (QED) is 0.745. The van der Waals surface area contributed by atoms with Crippen LogP contribution in [0.4, 0.5) is 0 Å². The molecule has 8 nitrogen and oxygen atoms in total. The van der Waals surface area contributed by atoms with Crippen molar-refractivity contribution >= 4 is 0 Å². The lowest BCUT2D eigenvalue weighted by Crippen LogP contribution is -2.19. The number of ether oxygens (including phenoxy) is 1. The summed E-state index contributed by atoms with van der Waals surface area (Å²) in [7, 11) is 1.80. The zero-order valence-electron chi connectivity index (χ0n) is 12.2. The largest absolute Gasteiger partial charge is 0.460 e. The van der Waals surface area contributed by atoms with E-state index < -0.39 is 0 Å². The van der Waals surface area contributed by atoms with Gasteiger partial charge in [-0.15, -0.1) is 10.2 Å². The highest BCUT2D eigenvalue weighted by Crippen LogP contribution is 1.99. The van der Waals surface area contributed by atoms with Crippen molar-refractivity contribution in [2.45, 2.75) is 26.9 Å². The van der Waals surface area contributed by atoms with Gasteiger partial charge in [-0.05, 0) is 12.5 Å². The van der Waals surface area contributed by atoms with E-state index in [1.54, 1.807) is 22.7 Å². The van der Waals surface area contributed by atoms with E-state index in [1.165, 1.54) is 0 Å². The summed E-state index contributed by atoms with van der Waals surface area (Å²) in [5.74, 6) is 0.629. The maximum Gasteiger partial charge on any atom is 0.335 e. The maximum atomic E-state index is 5.41. The average molecular weight is 279 g/mol. The second-order valence-electron chi connectivity index (χ2n) is 5.05. The highest BCUT2D eigenvalue weighted by Gasteiger charge is 2.03. The molecule has 0 amide bonds. The first-order valence-corrected chi connectivity index (χ1v) is 6.71. The number of nitrogens with zero attached hydrogens (tertiary/aromatic N) is 6. The highest BCUT2D eigenvalue weighted by molar-refractivity contribution is 4.92. The average Bonchev–Trinajstić information content (AvgIpc) is 2.99. The molecule has 2 aromatic rings. The van der Waals surface area contributed by atoms with E-state index in [1.807, 2.05) is 6.20 Å². The molecule has 8 heteroatoms. The first-order chi connectivity index (χ1) is 9.63. The molecular formula is C12H21N7O. The molecule has 0 atom stereocenters. The van der Waals surface area contributed by atoms with Gasteiger partial charge < -0.3 is 10.1 Å². The lowest BCUT2D eigenvalue weighted by atomic mass is 10.2. The first-order valence-electron chi connectivity index (χ1n) is 6.71. The molecule has 2 rings (SSSR count). The molecule has 0 saturated carbocycles. The van der Waals surface area contributed by atoms with Gasteiger partial charge in [0.2, 0.25) is 0 Å². The summed E-state index contributed by atoms with van der Waals surface area (Å²) in [4.78, 5) is 3.98. The third-order valence-electron chi connectivity index (χ3n) is 2.57. The second kappa shape index (κ2) is 6.99. The maximum absolute atomic E-state index is 5.41. The third-order valence-corrected chi connectivity index (χ3v) is 2.57. The van der Waals surface area contributed by atoms with Crippen molar-refractivity contribution in [1.82, 2.24) is 35.1 Å². The van der Waals surface area contributed by atoms with Crippen molar-refractivity contribution in [3.63, 3.8) is 0 Å². The summed E-state index contributed by atoms with van der Waals surface area (Å²) in [6.07, 6.45) is 3.52. The van der Waals surface area contributed by atoms with Crippen molar-refractivity contribution in [1.29, 1.82) is 0 Å². The second-order valence-corrected chi connectivity index (χ2v) is 5.05. The summed E-state index contributed by atoms with van der Waals surface area (Å²) < 4.78 is 8.77. The van der Waals surface area contributed by atoms with Gasteiger partial charge in [-0.25, -0.2) is 4.68 Å². The van der Waals surface area contributed by atoms with Crippen molar-refractivity contribution < 1.29 is 4.74 Å². The first kappa shape index (κ1) is 14.4. The molecule has 0 aliphatic rings. The van der Waals surface area contributed by atoms with Crippen LogP contribution in [0.15, 0.2) is 12.5 Å². The molecule has 0 bridgehead atoms. The van der Waals surface area contributed by atoms with Crippen molar-refractivity contribution in [2.75, 3.05) is 13.2 Å². The normalized spacial score (nSPS) is 11.2. The molecule has 0 fully saturated rings. The molecule has 20 heavy (non-hydrogen) atoms. The summed E-state index contributed by atoms with van der Waals surface area (Å²) >= 11 is 0. The topological polar surface area (TPSA) is 82.7 Å². The Balaban J connectivity index is 1.69. The van der Waals surface area contributed by atoms with Crippen LogP contribution in [0.1, 0.15) is 19.5 Å². The van der Waals surface area contributed by atoms with Crippen molar-refractivity contribution in [2.24, 2.45) is 13.0 Å². The Morgan fingerprint density at radius 3 is 2.95 bits per heavy atom. The van der Waals surface area contributed by atoms with E-state index in [9.17, 15) is 0 Å². The van der Waals surface area contributed by atoms with Gasteiger partial charge in [0, 0.05) is 19.8 Å². The Bertz CT molecular complexity index is 519. The van der Waals surface area contributed by atoms with Gasteiger partial charge in [0.25, 0.3) is 0 Å². The Labute approximate surface area is 118 Å². The monoisotopic (exact) mass is 279 g/mol. The number of hydrogen-bond acceptors (Lipinski definition) is 6. The number of aromatic nitrogens is 6. The zero-order chi connectivity index (χ0) is 14.4. The van der Waals surface area contributed by atoms with Gasteiger partial charge in [0.15, 0.2) is 0 Å². The molecule has 0 aromatic carbocycles. The molecule has 110 valence electrons. The summed E-state index contributed by atoms with van der Waals surface area (Å²) in [5.41, 5.74) is 0.932. The van der Waals surface area contributed by atoms with Gasteiger partial charge >= 0.3 is 6.01 Å². The van der Waals surface area contributed by atoms with Crippen LogP contribution >= 0.6 is 0 Å². The fraction of sp³-hybridized carbons (Fsp3) is 0.667. The number of rotatable bonds is 8. The standard InChI is InChI=1S/C12H21N7O/c1-10(2)6-13-7-11-8-19(17-15-11)4-5-20-12-14-9-18(3)16-12/h8-10,13H,4-7H2,1-3H3. The van der Waals surface area contributed by atoms with Crippen LogP contribution in [0.2, 0.25) is 0 Å².